The van der Waals surface area contributed by atoms with Crippen molar-refractivity contribution >= 4 is 17.5 Å². The molecule has 0 bridgehead atoms. The number of carbonyl (C=O) groups is 1. The van der Waals surface area contributed by atoms with E-state index < -0.39 is 4.92 Å². The van der Waals surface area contributed by atoms with Gasteiger partial charge >= 0.3 is 0 Å². The smallest absolute Gasteiger partial charge is 0.269 e. The number of allylic oxidation sites excluding steroid dienone is 1. The number of ketones is 1. The van der Waals surface area contributed by atoms with Crippen molar-refractivity contribution in [2.75, 3.05) is 0 Å². The summed E-state index contributed by atoms with van der Waals surface area (Å²) in [7, 11) is 0. The number of rotatable bonds is 4. The van der Waals surface area contributed by atoms with Crippen molar-refractivity contribution in [3.05, 3.63) is 80.4 Å². The van der Waals surface area contributed by atoms with Crippen molar-refractivity contribution in [2.24, 2.45) is 0 Å². The molecule has 0 unspecified atom stereocenters. The zero-order valence-electron chi connectivity index (χ0n) is 17.2. The number of fused-ring (bicyclic) bond motifs is 1. The van der Waals surface area contributed by atoms with Crippen LogP contribution < -0.4 is 0 Å². The number of benzene rings is 2. The van der Waals surface area contributed by atoms with E-state index in [0.29, 0.717) is 0 Å². The van der Waals surface area contributed by atoms with Crippen molar-refractivity contribution in [2.45, 2.75) is 58.3 Å². The largest absolute Gasteiger partial charge is 0.289 e. The summed E-state index contributed by atoms with van der Waals surface area (Å²) in [5, 5.41) is 10.7. The van der Waals surface area contributed by atoms with Gasteiger partial charge in [0.2, 0.25) is 0 Å². The molecule has 2 aromatic carbocycles. The molecule has 0 amide bonds. The summed E-state index contributed by atoms with van der Waals surface area (Å²) in [6.45, 7) is 11.0. The zero-order chi connectivity index (χ0) is 20.7. The number of carbonyl (C=O) groups excluding carboxylic acids is 1. The van der Waals surface area contributed by atoms with E-state index in [0.717, 1.165) is 29.5 Å². The van der Waals surface area contributed by atoms with Crippen LogP contribution in [-0.2, 0) is 10.8 Å². The Morgan fingerprint density at radius 1 is 1.00 bits per heavy atom. The number of non-ortho nitro benzene ring substituents is 1. The quantitative estimate of drug-likeness (QED) is 0.278. The van der Waals surface area contributed by atoms with Crippen LogP contribution >= 0.6 is 0 Å². The first-order chi connectivity index (χ1) is 13.0. The third kappa shape index (κ3) is 3.77. The first-order valence-corrected chi connectivity index (χ1v) is 9.64. The van der Waals surface area contributed by atoms with Gasteiger partial charge in [-0.05, 0) is 77.1 Å². The second-order valence-corrected chi connectivity index (χ2v) is 9.03. The fraction of sp³-hybridized carbons (Fsp3) is 0.375. The van der Waals surface area contributed by atoms with Crippen LogP contribution in [0.15, 0.2) is 42.5 Å². The van der Waals surface area contributed by atoms with E-state index >= 15 is 0 Å². The maximum absolute atomic E-state index is 12.9. The highest BCUT2D eigenvalue weighted by molar-refractivity contribution is 6.08. The average molecular weight is 377 g/mol. The van der Waals surface area contributed by atoms with Gasteiger partial charge in [0, 0.05) is 17.7 Å². The van der Waals surface area contributed by atoms with Crippen LogP contribution in [0.1, 0.15) is 73.1 Å². The maximum atomic E-state index is 12.9. The van der Waals surface area contributed by atoms with Gasteiger partial charge in [0.05, 0.1) is 4.92 Å². The molecule has 28 heavy (non-hydrogen) atoms. The number of nitrogens with zero attached hydrogens (tertiary/aromatic N) is 1. The Morgan fingerprint density at radius 3 is 2.07 bits per heavy atom. The Bertz CT molecular complexity index is 966. The minimum atomic E-state index is -0.432. The zero-order valence-corrected chi connectivity index (χ0v) is 17.2. The van der Waals surface area contributed by atoms with Gasteiger partial charge < -0.3 is 0 Å². The predicted molar refractivity (Wildman–Crippen MR) is 113 cm³/mol. The highest BCUT2D eigenvalue weighted by Gasteiger charge is 2.37. The lowest BCUT2D eigenvalue weighted by Crippen LogP contribution is -2.34. The molecule has 146 valence electrons. The molecule has 1 aliphatic rings. The van der Waals surface area contributed by atoms with E-state index in [4.69, 9.17) is 0 Å². The summed E-state index contributed by atoms with van der Waals surface area (Å²) in [5.74, 6) is -0.0437. The van der Waals surface area contributed by atoms with Gasteiger partial charge in [-0.25, -0.2) is 0 Å². The molecule has 0 heterocycles. The van der Waals surface area contributed by atoms with E-state index in [1.807, 2.05) is 6.92 Å². The molecule has 2 aromatic rings. The maximum Gasteiger partial charge on any atom is 0.269 e. The highest BCUT2D eigenvalue weighted by Crippen LogP contribution is 2.46. The molecule has 0 saturated heterocycles. The average Bonchev–Trinajstić information content (AvgIpc) is 2.63. The van der Waals surface area contributed by atoms with Crippen LogP contribution in [-0.4, -0.2) is 10.7 Å². The number of nitro groups is 1. The van der Waals surface area contributed by atoms with Crippen LogP contribution in [0.3, 0.4) is 0 Å². The topological polar surface area (TPSA) is 60.2 Å². The van der Waals surface area contributed by atoms with Crippen molar-refractivity contribution < 1.29 is 9.72 Å². The summed E-state index contributed by atoms with van der Waals surface area (Å²) >= 11 is 0. The molecule has 0 saturated carbocycles. The fourth-order valence-corrected chi connectivity index (χ4v) is 3.96. The molecule has 0 aromatic heterocycles. The van der Waals surface area contributed by atoms with Crippen LogP contribution in [0.2, 0.25) is 0 Å². The van der Waals surface area contributed by atoms with Gasteiger partial charge in [0.1, 0.15) is 0 Å². The second-order valence-electron chi connectivity index (χ2n) is 9.03. The minimum absolute atomic E-state index is 0.0406. The van der Waals surface area contributed by atoms with Crippen molar-refractivity contribution in [3.63, 3.8) is 0 Å². The molecule has 0 aliphatic heterocycles. The van der Waals surface area contributed by atoms with E-state index in [1.54, 1.807) is 24.3 Å². The SMILES string of the molecule is Cc1cc2c(cc1C(=O)/C=C/c1ccc([N+](=O)[O-])cc1)C(C)(C)CCC2(C)C. The molecule has 0 radical (unpaired) electrons. The number of aryl methyl sites for hydroxylation is 1. The standard InChI is InChI=1S/C24H27NO3/c1-16-14-20-21(24(4,5)13-12-23(20,2)3)15-19(16)22(26)11-8-17-6-9-18(10-7-17)25(27)28/h6-11,14-15H,12-13H2,1-5H3/b11-8+. The van der Waals surface area contributed by atoms with Gasteiger partial charge in [-0.2, -0.15) is 0 Å². The molecule has 1 aliphatic carbocycles. The summed E-state index contributed by atoms with van der Waals surface area (Å²) in [6, 6.07) is 10.4. The first-order valence-electron chi connectivity index (χ1n) is 9.64. The summed E-state index contributed by atoms with van der Waals surface area (Å²) in [5.41, 5.74) is 5.29. The number of hydrogen-bond acceptors (Lipinski definition) is 3. The summed E-state index contributed by atoms with van der Waals surface area (Å²) < 4.78 is 0. The normalized spacial score (nSPS) is 17.3. The van der Waals surface area contributed by atoms with Gasteiger partial charge in [-0.15, -0.1) is 0 Å². The Labute approximate surface area is 166 Å². The molecule has 0 atom stereocenters. The lowest BCUT2D eigenvalue weighted by atomic mass is 9.62. The molecule has 3 rings (SSSR count). The third-order valence-electron chi connectivity index (χ3n) is 5.99. The Morgan fingerprint density at radius 2 is 1.54 bits per heavy atom. The molecular formula is C24H27NO3. The second kappa shape index (κ2) is 7.01. The molecule has 0 fully saturated rings. The lowest BCUT2D eigenvalue weighted by Gasteiger charge is -2.42. The minimum Gasteiger partial charge on any atom is -0.289 e. The third-order valence-corrected chi connectivity index (χ3v) is 5.99. The molecule has 0 spiro atoms. The van der Waals surface area contributed by atoms with E-state index in [-0.39, 0.29) is 22.3 Å². The van der Waals surface area contributed by atoms with Gasteiger partial charge in [-0.1, -0.05) is 39.8 Å². The van der Waals surface area contributed by atoms with Crippen molar-refractivity contribution in [3.8, 4) is 0 Å². The van der Waals surface area contributed by atoms with E-state index in [1.165, 1.54) is 23.3 Å². The molecule has 4 heteroatoms. The predicted octanol–water partition coefficient (Wildman–Crippen LogP) is 6.15. The summed E-state index contributed by atoms with van der Waals surface area (Å²) in [4.78, 5) is 23.2. The fourth-order valence-electron chi connectivity index (χ4n) is 3.96. The van der Waals surface area contributed by atoms with Crippen LogP contribution in [0.5, 0.6) is 0 Å². The molecular weight excluding hydrogens is 350 g/mol. The Kier molecular flexibility index (Phi) is 5.00. The van der Waals surface area contributed by atoms with E-state index in [9.17, 15) is 14.9 Å². The van der Waals surface area contributed by atoms with E-state index in [2.05, 4.69) is 39.8 Å². The van der Waals surface area contributed by atoms with Crippen LogP contribution in [0, 0.1) is 17.0 Å². The number of hydrogen-bond donors (Lipinski definition) is 0. The lowest BCUT2D eigenvalue weighted by molar-refractivity contribution is -0.384. The van der Waals surface area contributed by atoms with Crippen molar-refractivity contribution in [1.29, 1.82) is 0 Å². The van der Waals surface area contributed by atoms with Gasteiger partial charge in [-0.3, -0.25) is 14.9 Å². The molecule has 0 N–H and O–H groups in total. The van der Waals surface area contributed by atoms with Crippen molar-refractivity contribution in [1.82, 2.24) is 0 Å². The Balaban J connectivity index is 1.93. The molecule has 4 nitrogen and oxygen atoms in total. The van der Waals surface area contributed by atoms with Crippen LogP contribution in [0.4, 0.5) is 5.69 Å². The number of nitro benzene ring substituents is 1. The van der Waals surface area contributed by atoms with Gasteiger partial charge in [0.15, 0.2) is 5.78 Å². The van der Waals surface area contributed by atoms with Crippen LogP contribution in [0.25, 0.3) is 6.08 Å². The summed E-state index contributed by atoms with van der Waals surface area (Å²) in [6.07, 6.45) is 5.50. The first kappa shape index (κ1) is 20.0. The highest BCUT2D eigenvalue weighted by atomic mass is 16.6. The monoisotopic (exact) mass is 377 g/mol. The van der Waals surface area contributed by atoms with Gasteiger partial charge in [0.25, 0.3) is 5.69 Å². The Hall–Kier alpha value is -2.75.